The van der Waals surface area contributed by atoms with Gasteiger partial charge in [0.2, 0.25) is 0 Å². The zero-order valence-corrected chi connectivity index (χ0v) is 11.9. The van der Waals surface area contributed by atoms with E-state index in [9.17, 15) is 10.1 Å². The topological polar surface area (TPSA) is 46.4 Å². The highest BCUT2D eigenvalue weighted by atomic mass is 35.5. The lowest BCUT2D eigenvalue weighted by atomic mass is 10.2. The number of hydrogen-bond donors (Lipinski definition) is 0. The van der Waals surface area contributed by atoms with E-state index in [-0.39, 0.29) is 16.5 Å². The molecule has 0 fully saturated rings. The predicted octanol–water partition coefficient (Wildman–Crippen LogP) is 4.03. The van der Waals surface area contributed by atoms with Crippen molar-refractivity contribution in [2.75, 3.05) is 11.9 Å². The van der Waals surface area contributed by atoms with Gasteiger partial charge in [-0.3, -0.25) is 10.1 Å². The van der Waals surface area contributed by atoms with Gasteiger partial charge in [0.1, 0.15) is 5.69 Å². The summed E-state index contributed by atoms with van der Waals surface area (Å²) in [6.07, 6.45) is 0. The van der Waals surface area contributed by atoms with E-state index in [2.05, 4.69) is 0 Å². The van der Waals surface area contributed by atoms with Gasteiger partial charge in [0, 0.05) is 23.9 Å². The Morgan fingerprint density at radius 2 is 2.21 bits per heavy atom. The molecule has 4 nitrogen and oxygen atoms in total. The molecule has 0 spiro atoms. The highest BCUT2D eigenvalue weighted by Gasteiger charge is 2.18. The lowest BCUT2D eigenvalue weighted by molar-refractivity contribution is -0.384. The van der Waals surface area contributed by atoms with Gasteiger partial charge in [-0.1, -0.05) is 12.1 Å². The maximum Gasteiger partial charge on any atom is 0.292 e. The van der Waals surface area contributed by atoms with E-state index < -0.39 is 0 Å². The Balaban J connectivity index is 2.30. The summed E-state index contributed by atoms with van der Waals surface area (Å²) in [5, 5.41) is 13.1. The number of halogens is 1. The van der Waals surface area contributed by atoms with E-state index in [0.717, 1.165) is 5.56 Å². The van der Waals surface area contributed by atoms with E-state index >= 15 is 0 Å². The molecule has 0 radical (unpaired) electrons. The van der Waals surface area contributed by atoms with Crippen LogP contribution in [0, 0.1) is 10.1 Å². The van der Waals surface area contributed by atoms with Crippen molar-refractivity contribution in [2.45, 2.75) is 12.4 Å². The van der Waals surface area contributed by atoms with Crippen LogP contribution < -0.4 is 4.90 Å². The SMILES string of the molecule is CN(Cc1cccs1)c1ccc(CCl)cc1[N+](=O)[O-]. The van der Waals surface area contributed by atoms with Crippen molar-refractivity contribution in [1.29, 1.82) is 0 Å². The molecule has 0 saturated heterocycles. The van der Waals surface area contributed by atoms with Gasteiger partial charge in [-0.05, 0) is 23.1 Å². The van der Waals surface area contributed by atoms with Gasteiger partial charge in [0.15, 0.2) is 0 Å². The molecule has 0 bridgehead atoms. The second-order valence-corrected chi connectivity index (χ2v) is 5.45. The zero-order chi connectivity index (χ0) is 13.8. The van der Waals surface area contributed by atoms with Gasteiger partial charge in [-0.2, -0.15) is 0 Å². The standard InChI is InChI=1S/C13H13ClN2O2S/c1-15(9-11-3-2-6-19-11)12-5-4-10(8-14)7-13(12)16(17)18/h2-7H,8-9H2,1H3. The predicted molar refractivity (Wildman–Crippen MR) is 79.1 cm³/mol. The Morgan fingerprint density at radius 3 is 2.79 bits per heavy atom. The van der Waals surface area contributed by atoms with E-state index in [1.54, 1.807) is 17.4 Å². The second kappa shape index (κ2) is 6.04. The first-order chi connectivity index (χ1) is 9.11. The van der Waals surface area contributed by atoms with Gasteiger partial charge in [0.25, 0.3) is 5.69 Å². The van der Waals surface area contributed by atoms with Crippen molar-refractivity contribution in [2.24, 2.45) is 0 Å². The number of thiophene rings is 1. The zero-order valence-electron chi connectivity index (χ0n) is 10.4. The van der Waals surface area contributed by atoms with Gasteiger partial charge >= 0.3 is 0 Å². The first-order valence-electron chi connectivity index (χ1n) is 5.68. The minimum Gasteiger partial charge on any atom is -0.364 e. The second-order valence-electron chi connectivity index (χ2n) is 4.15. The Morgan fingerprint density at radius 1 is 1.42 bits per heavy atom. The van der Waals surface area contributed by atoms with Crippen molar-refractivity contribution in [3.8, 4) is 0 Å². The molecule has 6 heteroatoms. The third-order valence-corrected chi connectivity index (χ3v) is 3.94. The van der Waals surface area contributed by atoms with Gasteiger partial charge in [0.05, 0.1) is 11.5 Å². The summed E-state index contributed by atoms with van der Waals surface area (Å²) < 4.78 is 0. The van der Waals surface area contributed by atoms with Crippen LogP contribution in [0.2, 0.25) is 0 Å². The van der Waals surface area contributed by atoms with E-state index in [4.69, 9.17) is 11.6 Å². The number of alkyl halides is 1. The number of nitrogens with zero attached hydrogens (tertiary/aromatic N) is 2. The van der Waals surface area contributed by atoms with Crippen LogP contribution >= 0.6 is 22.9 Å². The maximum absolute atomic E-state index is 11.1. The summed E-state index contributed by atoms with van der Waals surface area (Å²) in [7, 11) is 1.85. The van der Waals surface area contributed by atoms with Crippen molar-refractivity contribution in [1.82, 2.24) is 0 Å². The van der Waals surface area contributed by atoms with Crippen molar-refractivity contribution >= 4 is 34.3 Å². The Kier molecular flexibility index (Phi) is 4.39. The quantitative estimate of drug-likeness (QED) is 0.475. The molecule has 1 heterocycles. The third kappa shape index (κ3) is 3.24. The van der Waals surface area contributed by atoms with Crippen LogP contribution in [0.3, 0.4) is 0 Å². The normalized spacial score (nSPS) is 10.4. The minimum atomic E-state index is -0.365. The summed E-state index contributed by atoms with van der Waals surface area (Å²) in [5.41, 5.74) is 1.45. The summed E-state index contributed by atoms with van der Waals surface area (Å²) in [5.74, 6) is 0.274. The number of anilines is 1. The average molecular weight is 297 g/mol. The highest BCUT2D eigenvalue weighted by molar-refractivity contribution is 7.09. The van der Waals surface area contributed by atoms with E-state index in [1.165, 1.54) is 10.9 Å². The summed E-state index contributed by atoms with van der Waals surface area (Å²) >= 11 is 7.35. The smallest absolute Gasteiger partial charge is 0.292 e. The number of rotatable bonds is 5. The monoisotopic (exact) mass is 296 g/mol. The molecule has 1 aromatic heterocycles. The fraction of sp³-hybridized carbons (Fsp3) is 0.231. The van der Waals surface area contributed by atoms with Crippen LogP contribution in [-0.4, -0.2) is 12.0 Å². The Labute approximate surface area is 120 Å². The lowest BCUT2D eigenvalue weighted by Crippen LogP contribution is -2.17. The van der Waals surface area contributed by atoms with Crippen LogP contribution in [0.5, 0.6) is 0 Å². The molecule has 0 aliphatic heterocycles. The molecule has 0 aliphatic carbocycles. The molecule has 0 N–H and O–H groups in total. The van der Waals surface area contributed by atoms with Crippen LogP contribution in [0.25, 0.3) is 0 Å². The molecular formula is C13H13ClN2O2S. The Bertz CT molecular complexity index is 572. The van der Waals surface area contributed by atoms with Crippen LogP contribution in [0.4, 0.5) is 11.4 Å². The number of nitro groups is 1. The van der Waals surface area contributed by atoms with Crippen LogP contribution in [0.15, 0.2) is 35.7 Å². The molecule has 0 saturated carbocycles. The molecule has 2 rings (SSSR count). The van der Waals surface area contributed by atoms with Crippen molar-refractivity contribution in [3.05, 3.63) is 56.3 Å². The highest BCUT2D eigenvalue weighted by Crippen LogP contribution is 2.30. The summed E-state index contributed by atoms with van der Waals surface area (Å²) in [6, 6.07) is 9.09. The molecule has 0 atom stereocenters. The Hall–Kier alpha value is -1.59. The van der Waals surface area contributed by atoms with E-state index in [1.807, 2.05) is 35.5 Å². The van der Waals surface area contributed by atoms with Crippen molar-refractivity contribution < 1.29 is 4.92 Å². The lowest BCUT2D eigenvalue weighted by Gasteiger charge is -2.18. The summed E-state index contributed by atoms with van der Waals surface area (Å²) in [6.45, 7) is 0.652. The molecule has 0 amide bonds. The molecule has 0 unspecified atom stereocenters. The number of benzene rings is 1. The molecule has 100 valence electrons. The molecule has 19 heavy (non-hydrogen) atoms. The largest absolute Gasteiger partial charge is 0.364 e. The first kappa shape index (κ1) is 13.8. The number of nitro benzene ring substituents is 1. The molecule has 0 aliphatic rings. The van der Waals surface area contributed by atoms with Crippen LogP contribution in [-0.2, 0) is 12.4 Å². The van der Waals surface area contributed by atoms with Crippen LogP contribution in [0.1, 0.15) is 10.4 Å². The van der Waals surface area contributed by atoms with Gasteiger partial charge in [-0.25, -0.2) is 0 Å². The fourth-order valence-corrected chi connectivity index (χ4v) is 2.77. The molecular weight excluding hydrogens is 284 g/mol. The maximum atomic E-state index is 11.1. The van der Waals surface area contributed by atoms with Gasteiger partial charge in [-0.15, -0.1) is 22.9 Å². The average Bonchev–Trinajstić information content (AvgIpc) is 2.90. The van der Waals surface area contributed by atoms with Crippen molar-refractivity contribution in [3.63, 3.8) is 0 Å². The minimum absolute atomic E-state index is 0.0946. The summed E-state index contributed by atoms with van der Waals surface area (Å²) in [4.78, 5) is 13.8. The van der Waals surface area contributed by atoms with Gasteiger partial charge < -0.3 is 4.90 Å². The molecule has 1 aromatic carbocycles. The molecule has 2 aromatic rings. The van der Waals surface area contributed by atoms with E-state index in [0.29, 0.717) is 12.2 Å². The number of hydrogen-bond acceptors (Lipinski definition) is 4. The first-order valence-corrected chi connectivity index (χ1v) is 7.10. The third-order valence-electron chi connectivity index (χ3n) is 2.78. The fourth-order valence-electron chi connectivity index (χ4n) is 1.84.